The van der Waals surface area contributed by atoms with Crippen molar-refractivity contribution in [2.24, 2.45) is 5.92 Å². The number of amides is 1. The number of carbonyl (C=O) groups excluding carboxylic acids is 2. The van der Waals surface area contributed by atoms with Gasteiger partial charge in [0, 0.05) is 12.3 Å². The predicted octanol–water partition coefficient (Wildman–Crippen LogP) is 2.34. The summed E-state index contributed by atoms with van der Waals surface area (Å²) in [5.74, 6) is 0.368. The number of thioether (sulfide) groups is 1. The molecule has 0 aliphatic heterocycles. The van der Waals surface area contributed by atoms with Crippen LogP contribution in [0.15, 0.2) is 40.0 Å². The van der Waals surface area contributed by atoms with Crippen LogP contribution < -0.4 is 10.6 Å². The van der Waals surface area contributed by atoms with Crippen molar-refractivity contribution in [2.45, 2.75) is 38.0 Å². The SMILES string of the molecule is CNCCSc1nnc(C(=O)[C@H](CC(C)C)NC(=O)Cc2ccccc2)o1. The highest BCUT2D eigenvalue weighted by Gasteiger charge is 2.27. The van der Waals surface area contributed by atoms with Crippen LogP contribution in [-0.2, 0) is 11.2 Å². The van der Waals surface area contributed by atoms with Gasteiger partial charge in [-0.1, -0.05) is 55.9 Å². The molecule has 0 bridgehead atoms. The van der Waals surface area contributed by atoms with Gasteiger partial charge in [0.15, 0.2) is 0 Å². The summed E-state index contributed by atoms with van der Waals surface area (Å²) in [6.45, 7) is 4.79. The second-order valence-electron chi connectivity index (χ2n) is 6.60. The topological polar surface area (TPSA) is 97.1 Å². The number of carbonyl (C=O) groups is 2. The molecule has 1 heterocycles. The molecule has 0 saturated heterocycles. The van der Waals surface area contributed by atoms with Gasteiger partial charge in [-0.15, -0.1) is 10.2 Å². The minimum absolute atomic E-state index is 0.0624. The van der Waals surface area contributed by atoms with Crippen LogP contribution in [0.3, 0.4) is 0 Å². The predicted molar refractivity (Wildman–Crippen MR) is 105 cm³/mol. The molecule has 2 rings (SSSR count). The maximum absolute atomic E-state index is 12.8. The fourth-order valence-corrected chi connectivity index (χ4v) is 3.20. The molecule has 0 unspecified atom stereocenters. The summed E-state index contributed by atoms with van der Waals surface area (Å²) in [5, 5.41) is 14.0. The third kappa shape index (κ3) is 7.15. The van der Waals surface area contributed by atoms with E-state index < -0.39 is 6.04 Å². The van der Waals surface area contributed by atoms with Crippen molar-refractivity contribution in [1.82, 2.24) is 20.8 Å². The monoisotopic (exact) mass is 390 g/mol. The van der Waals surface area contributed by atoms with Crippen molar-refractivity contribution >= 4 is 23.5 Å². The number of Topliss-reactive ketones (excluding diaryl/α,β-unsaturated/α-hetero) is 1. The third-order valence-corrected chi connectivity index (χ3v) is 4.58. The molecule has 2 aromatic rings. The zero-order chi connectivity index (χ0) is 19.6. The first-order chi connectivity index (χ1) is 13.0. The molecule has 0 saturated carbocycles. The zero-order valence-electron chi connectivity index (χ0n) is 15.9. The summed E-state index contributed by atoms with van der Waals surface area (Å²) in [6.07, 6.45) is 0.724. The van der Waals surface area contributed by atoms with E-state index >= 15 is 0 Å². The van der Waals surface area contributed by atoms with Crippen LogP contribution in [0.4, 0.5) is 0 Å². The number of nitrogens with zero attached hydrogens (tertiary/aromatic N) is 2. The van der Waals surface area contributed by atoms with Crippen molar-refractivity contribution in [2.75, 3.05) is 19.3 Å². The van der Waals surface area contributed by atoms with Crippen molar-refractivity contribution in [3.05, 3.63) is 41.8 Å². The largest absolute Gasteiger partial charge is 0.408 e. The highest BCUT2D eigenvalue weighted by Crippen LogP contribution is 2.17. The molecule has 1 amide bonds. The Morgan fingerprint density at radius 3 is 2.59 bits per heavy atom. The maximum atomic E-state index is 12.8. The smallest absolute Gasteiger partial charge is 0.286 e. The van der Waals surface area contributed by atoms with Crippen molar-refractivity contribution in [3.63, 3.8) is 0 Å². The minimum Gasteiger partial charge on any atom is -0.408 e. The summed E-state index contributed by atoms with van der Waals surface area (Å²) in [6, 6.07) is 8.73. The summed E-state index contributed by atoms with van der Waals surface area (Å²) in [4.78, 5) is 25.2. The quantitative estimate of drug-likeness (QED) is 0.345. The molecule has 0 spiro atoms. The van der Waals surface area contributed by atoms with Gasteiger partial charge >= 0.3 is 0 Å². The van der Waals surface area contributed by atoms with Crippen molar-refractivity contribution in [1.29, 1.82) is 0 Å². The summed E-state index contributed by atoms with van der Waals surface area (Å²) >= 11 is 1.38. The average molecular weight is 391 g/mol. The first-order valence-electron chi connectivity index (χ1n) is 8.98. The second-order valence-corrected chi connectivity index (χ2v) is 7.65. The molecule has 0 radical (unpaired) electrons. The number of nitrogens with one attached hydrogen (secondary N) is 2. The molecule has 27 heavy (non-hydrogen) atoms. The lowest BCUT2D eigenvalue weighted by Gasteiger charge is -2.18. The molecule has 8 heteroatoms. The number of rotatable bonds is 11. The normalized spacial score (nSPS) is 12.1. The lowest BCUT2D eigenvalue weighted by molar-refractivity contribution is -0.121. The maximum Gasteiger partial charge on any atom is 0.286 e. The Balaban J connectivity index is 2.01. The number of benzene rings is 1. The Kier molecular flexibility index (Phi) is 8.47. The van der Waals surface area contributed by atoms with Crippen LogP contribution in [0, 0.1) is 5.92 Å². The molecule has 0 aliphatic carbocycles. The summed E-state index contributed by atoms with van der Waals surface area (Å²) in [7, 11) is 1.86. The van der Waals surface area contributed by atoms with Gasteiger partial charge in [-0.25, -0.2) is 0 Å². The first kappa shape index (κ1) is 21.1. The molecule has 2 N–H and O–H groups in total. The highest BCUT2D eigenvalue weighted by molar-refractivity contribution is 7.99. The lowest BCUT2D eigenvalue weighted by Crippen LogP contribution is -2.42. The molecule has 1 aromatic heterocycles. The molecule has 0 fully saturated rings. The van der Waals surface area contributed by atoms with E-state index in [2.05, 4.69) is 20.8 Å². The third-order valence-electron chi connectivity index (χ3n) is 3.76. The zero-order valence-corrected chi connectivity index (χ0v) is 16.7. The van der Waals surface area contributed by atoms with Crippen LogP contribution in [0.25, 0.3) is 0 Å². The average Bonchev–Trinajstić information content (AvgIpc) is 3.10. The molecule has 0 aliphatic rings. The Hall–Kier alpha value is -2.19. The van der Waals surface area contributed by atoms with Gasteiger partial charge in [0.1, 0.15) is 0 Å². The molecular formula is C19H26N4O3S. The van der Waals surface area contributed by atoms with Gasteiger partial charge < -0.3 is 15.1 Å². The van der Waals surface area contributed by atoms with E-state index in [-0.39, 0.29) is 29.9 Å². The fourth-order valence-electron chi connectivity index (χ4n) is 2.49. The van der Waals surface area contributed by atoms with Crippen molar-refractivity contribution < 1.29 is 14.0 Å². The van der Waals surface area contributed by atoms with E-state index in [1.165, 1.54) is 11.8 Å². The number of aromatic nitrogens is 2. The van der Waals surface area contributed by atoms with Crippen LogP contribution in [0.1, 0.15) is 36.5 Å². The van der Waals surface area contributed by atoms with E-state index in [1.54, 1.807) is 0 Å². The molecule has 1 atom stereocenters. The van der Waals surface area contributed by atoms with Gasteiger partial charge in [-0.2, -0.15) is 0 Å². The fraction of sp³-hybridized carbons (Fsp3) is 0.474. The lowest BCUT2D eigenvalue weighted by atomic mass is 9.99. The van der Waals surface area contributed by atoms with Gasteiger partial charge in [0.05, 0.1) is 12.5 Å². The molecule has 1 aromatic carbocycles. The van der Waals surface area contributed by atoms with E-state index in [4.69, 9.17) is 4.42 Å². The molecule has 146 valence electrons. The van der Waals surface area contributed by atoms with E-state index in [1.807, 2.05) is 51.2 Å². The first-order valence-corrected chi connectivity index (χ1v) is 9.96. The Morgan fingerprint density at radius 2 is 1.93 bits per heavy atom. The molecular weight excluding hydrogens is 364 g/mol. The van der Waals surface area contributed by atoms with Crippen LogP contribution in [-0.4, -0.2) is 47.3 Å². The second kappa shape index (κ2) is 10.8. The Bertz CT molecular complexity index is 734. The Morgan fingerprint density at radius 1 is 1.19 bits per heavy atom. The number of hydrogen-bond donors (Lipinski definition) is 2. The standard InChI is InChI=1S/C19H26N4O3S/c1-13(2)11-15(21-16(24)12-14-7-5-4-6-8-14)17(25)18-22-23-19(26-18)27-10-9-20-3/h4-8,13,15,20H,9-12H2,1-3H3,(H,21,24)/t15-/m0/s1. The van der Waals surface area contributed by atoms with Crippen LogP contribution in [0.2, 0.25) is 0 Å². The van der Waals surface area contributed by atoms with Gasteiger partial charge in [0.25, 0.3) is 11.1 Å². The van der Waals surface area contributed by atoms with Crippen molar-refractivity contribution in [3.8, 4) is 0 Å². The van der Waals surface area contributed by atoms with Crippen LogP contribution >= 0.6 is 11.8 Å². The Labute approximate surface area is 163 Å². The summed E-state index contributed by atoms with van der Waals surface area (Å²) in [5.41, 5.74) is 0.895. The number of hydrogen-bond acceptors (Lipinski definition) is 7. The van der Waals surface area contributed by atoms with Crippen LogP contribution in [0.5, 0.6) is 0 Å². The van der Waals surface area contributed by atoms with Gasteiger partial charge in [0.2, 0.25) is 11.7 Å². The van der Waals surface area contributed by atoms with Gasteiger partial charge in [-0.3, -0.25) is 9.59 Å². The highest BCUT2D eigenvalue weighted by atomic mass is 32.2. The van der Waals surface area contributed by atoms with Gasteiger partial charge in [-0.05, 0) is 24.9 Å². The molecule has 7 nitrogen and oxygen atoms in total. The van der Waals surface area contributed by atoms with E-state index in [9.17, 15) is 9.59 Å². The van der Waals surface area contributed by atoms with E-state index in [0.717, 1.165) is 17.9 Å². The summed E-state index contributed by atoms with van der Waals surface area (Å²) < 4.78 is 5.47. The number of ketones is 1. The minimum atomic E-state index is -0.683. The van der Waals surface area contributed by atoms with E-state index in [0.29, 0.717) is 11.6 Å².